The van der Waals surface area contributed by atoms with Crippen LogP contribution in [-0.4, -0.2) is 67.3 Å². The van der Waals surface area contributed by atoms with Gasteiger partial charge in [-0.1, -0.05) is 24.8 Å². The molecule has 2 N–H and O–H groups in total. The molecule has 2 saturated heterocycles. The molecule has 0 bridgehead atoms. The molecule has 1 aromatic heterocycles. The van der Waals surface area contributed by atoms with E-state index in [1.807, 2.05) is 19.2 Å². The van der Waals surface area contributed by atoms with Gasteiger partial charge in [-0.2, -0.15) is 0 Å². The fourth-order valence-electron chi connectivity index (χ4n) is 4.26. The van der Waals surface area contributed by atoms with Gasteiger partial charge in [-0.05, 0) is 30.7 Å². The topological polar surface area (TPSA) is 71.9 Å². The van der Waals surface area contributed by atoms with Gasteiger partial charge in [0.15, 0.2) is 0 Å². The largest absolute Gasteiger partial charge is 0.507 e. The van der Waals surface area contributed by atoms with E-state index in [0.717, 1.165) is 37.4 Å². The summed E-state index contributed by atoms with van der Waals surface area (Å²) in [5, 5.41) is 14.5. The van der Waals surface area contributed by atoms with Gasteiger partial charge >= 0.3 is 6.03 Å². The van der Waals surface area contributed by atoms with Crippen molar-refractivity contribution in [2.45, 2.75) is 6.92 Å². The third-order valence-corrected chi connectivity index (χ3v) is 6.30. The average Bonchev–Trinajstić information content (AvgIpc) is 3.20. The number of halogens is 1. The highest BCUT2D eigenvalue weighted by atomic mass is 19.1. The van der Waals surface area contributed by atoms with Crippen LogP contribution in [0.5, 0.6) is 0 Å². The summed E-state index contributed by atoms with van der Waals surface area (Å²) < 4.78 is 15.1. The zero-order valence-electron chi connectivity index (χ0n) is 19.6. The minimum absolute atomic E-state index is 0.0169. The zero-order valence-corrected chi connectivity index (χ0v) is 19.6. The number of aliphatic hydroxyl groups excluding tert-OH is 1. The van der Waals surface area contributed by atoms with Gasteiger partial charge in [0, 0.05) is 69.2 Å². The number of benzene rings is 1. The van der Waals surface area contributed by atoms with Gasteiger partial charge in [0.05, 0.1) is 17.6 Å². The number of hydrogen-bond acceptors (Lipinski definition) is 5. The fraction of sp³-hybridized carbons (Fsp3) is 0.308. The molecule has 3 heterocycles. The molecule has 4 rings (SSSR count). The van der Waals surface area contributed by atoms with Crippen molar-refractivity contribution in [2.75, 3.05) is 56.1 Å². The van der Waals surface area contributed by atoms with Crippen LogP contribution in [0.25, 0.3) is 11.1 Å². The van der Waals surface area contributed by atoms with E-state index in [4.69, 9.17) is 0 Å². The number of nitrogens with zero attached hydrogens (tertiary/aromatic N) is 4. The Hall–Kier alpha value is -3.65. The highest BCUT2D eigenvalue weighted by molar-refractivity contribution is 5.94. The minimum Gasteiger partial charge on any atom is -0.507 e. The third-order valence-electron chi connectivity index (χ3n) is 6.30. The van der Waals surface area contributed by atoms with Gasteiger partial charge in [0.25, 0.3) is 0 Å². The van der Waals surface area contributed by atoms with Crippen LogP contribution in [0.1, 0.15) is 18.1 Å². The van der Waals surface area contributed by atoms with Crippen LogP contribution in [0.2, 0.25) is 0 Å². The van der Waals surface area contributed by atoms with Gasteiger partial charge in [0.1, 0.15) is 11.6 Å². The number of aromatic nitrogens is 1. The number of amides is 2. The predicted molar refractivity (Wildman–Crippen MR) is 134 cm³/mol. The van der Waals surface area contributed by atoms with Gasteiger partial charge in [0.2, 0.25) is 0 Å². The van der Waals surface area contributed by atoms with Gasteiger partial charge in [-0.15, -0.1) is 0 Å². The molecule has 0 spiro atoms. The van der Waals surface area contributed by atoms with E-state index in [1.54, 1.807) is 42.4 Å². The number of urea groups is 1. The normalized spacial score (nSPS) is 17.8. The van der Waals surface area contributed by atoms with E-state index in [9.17, 15) is 9.90 Å². The number of rotatable bonds is 6. The minimum atomic E-state index is -0.524. The number of piperazine rings is 1. The lowest BCUT2D eigenvalue weighted by Crippen LogP contribution is -2.43. The highest BCUT2D eigenvalue weighted by Gasteiger charge is 2.29. The number of aliphatic hydroxyl groups is 1. The van der Waals surface area contributed by atoms with E-state index >= 15 is 4.39 Å². The smallest absolute Gasteiger partial charge is 0.324 e. The van der Waals surface area contributed by atoms with Crippen molar-refractivity contribution in [1.82, 2.24) is 15.2 Å². The average molecular weight is 464 g/mol. The Balaban J connectivity index is 1.66. The first-order valence-electron chi connectivity index (χ1n) is 11.4. The van der Waals surface area contributed by atoms with Crippen LogP contribution in [0.15, 0.2) is 61.1 Å². The molecule has 2 fully saturated rings. The number of carbonyl (C=O) groups excluding carboxylic acids is 1. The lowest BCUT2D eigenvalue weighted by Gasteiger charge is -2.29. The van der Waals surface area contributed by atoms with Crippen molar-refractivity contribution in [3.05, 3.63) is 78.1 Å². The molecule has 0 saturated carbocycles. The molecule has 2 aliphatic heterocycles. The summed E-state index contributed by atoms with van der Waals surface area (Å²) in [4.78, 5) is 21.9. The van der Waals surface area contributed by atoms with Crippen molar-refractivity contribution >= 4 is 28.6 Å². The van der Waals surface area contributed by atoms with Crippen molar-refractivity contribution in [3.63, 3.8) is 0 Å². The number of allylic oxidation sites excluding steroid dienone is 4. The van der Waals surface area contributed by atoms with Gasteiger partial charge < -0.3 is 20.2 Å². The van der Waals surface area contributed by atoms with E-state index in [2.05, 4.69) is 21.8 Å². The monoisotopic (exact) mass is 463 g/mol. The Bertz CT molecular complexity index is 1150. The summed E-state index contributed by atoms with van der Waals surface area (Å²) in [5.74, 6) is -0.507. The second kappa shape index (κ2) is 10.1. The molecule has 0 radical (unpaired) electrons. The summed E-state index contributed by atoms with van der Waals surface area (Å²) >= 11 is 0. The Morgan fingerprint density at radius 1 is 1.15 bits per heavy atom. The number of nitrogens with one attached hydrogen (secondary N) is 1. The summed E-state index contributed by atoms with van der Waals surface area (Å²) in [7, 11) is 1.69. The highest BCUT2D eigenvalue weighted by Crippen LogP contribution is 2.32. The Kier molecular flexibility index (Phi) is 6.98. The first-order valence-corrected chi connectivity index (χ1v) is 11.4. The number of likely N-dealkylation sites (N-methyl/N-ethyl adjacent to an activating group) is 1. The maximum Gasteiger partial charge on any atom is 0.324 e. The number of pyridine rings is 1. The molecule has 7 nitrogen and oxygen atoms in total. The number of hydrogen-bond donors (Lipinski definition) is 2. The van der Waals surface area contributed by atoms with Crippen molar-refractivity contribution in [2.24, 2.45) is 0 Å². The lowest BCUT2D eigenvalue weighted by molar-refractivity contribution is 0.229. The Morgan fingerprint density at radius 2 is 1.91 bits per heavy atom. The predicted octanol–water partition coefficient (Wildman–Crippen LogP) is 4.06. The van der Waals surface area contributed by atoms with E-state index in [-0.39, 0.29) is 17.5 Å². The van der Waals surface area contributed by atoms with Crippen LogP contribution in [0.3, 0.4) is 0 Å². The molecule has 2 amide bonds. The Labute approximate surface area is 199 Å². The fourth-order valence-corrected chi connectivity index (χ4v) is 4.26. The summed E-state index contributed by atoms with van der Waals surface area (Å²) in [6.45, 7) is 10.2. The molecule has 0 unspecified atom stereocenters. The SMILES string of the molecule is C=C/C=C(\C(O)=C(/C)c1cncc(N2CCNCC2)c1)c1ccc(N2CCN(C)C2=O)c(F)c1. The first-order chi connectivity index (χ1) is 16.4. The molecule has 2 aromatic rings. The lowest BCUT2D eigenvalue weighted by atomic mass is 9.97. The molecule has 178 valence electrons. The maximum atomic E-state index is 15.1. The summed E-state index contributed by atoms with van der Waals surface area (Å²) in [5.41, 5.74) is 3.56. The number of anilines is 2. The van der Waals surface area contributed by atoms with Crippen LogP contribution in [-0.2, 0) is 0 Å². The summed E-state index contributed by atoms with van der Waals surface area (Å²) in [6, 6.07) is 6.40. The van der Waals surface area contributed by atoms with Crippen molar-refractivity contribution in [1.29, 1.82) is 0 Å². The van der Waals surface area contributed by atoms with E-state index < -0.39 is 5.82 Å². The number of carbonyl (C=O) groups is 1. The molecule has 0 atom stereocenters. The zero-order chi connectivity index (χ0) is 24.2. The van der Waals surface area contributed by atoms with Crippen LogP contribution < -0.4 is 15.1 Å². The van der Waals surface area contributed by atoms with Crippen LogP contribution in [0.4, 0.5) is 20.6 Å². The van der Waals surface area contributed by atoms with E-state index in [1.165, 1.54) is 11.0 Å². The van der Waals surface area contributed by atoms with Crippen molar-refractivity contribution in [3.8, 4) is 0 Å². The van der Waals surface area contributed by atoms with Crippen LogP contribution in [0, 0.1) is 5.82 Å². The first kappa shape index (κ1) is 23.5. The standard InChI is InChI=1S/C26H30FN5O2/c1-4-5-22(19-6-7-24(23(27)15-19)32-13-12-30(3)26(32)34)25(33)18(2)20-14-21(17-29-16-20)31-10-8-28-9-11-31/h4-7,14-17,28,33H,1,8-13H2,2-3H3/b22-5-,25-18-. The molecule has 0 aliphatic carbocycles. The van der Waals surface area contributed by atoms with Gasteiger partial charge in [-0.3, -0.25) is 9.88 Å². The summed E-state index contributed by atoms with van der Waals surface area (Å²) in [6.07, 6.45) is 6.74. The molecular formula is C26H30FN5O2. The van der Waals surface area contributed by atoms with E-state index in [0.29, 0.717) is 29.8 Å². The quantitative estimate of drug-likeness (QED) is 0.499. The Morgan fingerprint density at radius 3 is 2.56 bits per heavy atom. The molecule has 34 heavy (non-hydrogen) atoms. The third kappa shape index (κ3) is 4.68. The second-order valence-corrected chi connectivity index (χ2v) is 8.48. The molecule has 1 aromatic carbocycles. The molecule has 8 heteroatoms. The maximum absolute atomic E-state index is 15.1. The molecular weight excluding hydrogens is 433 g/mol. The molecule has 2 aliphatic rings. The van der Waals surface area contributed by atoms with Crippen molar-refractivity contribution < 1.29 is 14.3 Å². The van der Waals surface area contributed by atoms with Gasteiger partial charge in [-0.25, -0.2) is 9.18 Å². The second-order valence-electron chi connectivity index (χ2n) is 8.48. The van der Waals surface area contributed by atoms with Crippen LogP contribution >= 0.6 is 0 Å².